The van der Waals surface area contributed by atoms with Crippen molar-refractivity contribution in [2.24, 2.45) is 0 Å². The molecule has 1 aromatic heterocycles. The van der Waals surface area contributed by atoms with Crippen molar-refractivity contribution >= 4 is 41.5 Å². The summed E-state index contributed by atoms with van der Waals surface area (Å²) in [5.41, 5.74) is 1.79. The molecule has 4 fully saturated rings. The maximum atomic E-state index is 13.3. The molecule has 9 nitrogen and oxygen atoms in total. The number of para-hydroxylation sites is 1. The van der Waals surface area contributed by atoms with Crippen LogP contribution in [0.15, 0.2) is 22.6 Å². The number of piperidine rings is 2. The molecule has 0 aliphatic carbocycles. The molecule has 4 saturated heterocycles. The molecule has 0 spiro atoms. The summed E-state index contributed by atoms with van der Waals surface area (Å²) in [4.78, 5) is 37.2. The molecule has 2 aromatic rings. The maximum Gasteiger partial charge on any atom is 0.320 e. The number of benzene rings is 1. The summed E-state index contributed by atoms with van der Waals surface area (Å²) >= 11 is 0. The number of likely N-dealkylation sites (tertiary alicyclic amines) is 1. The molecular formula is C27H39ClN6O3. The number of fused-ring (bicyclic) bond motifs is 3. The number of oxazole rings is 1. The van der Waals surface area contributed by atoms with E-state index in [4.69, 9.17) is 9.40 Å². The molecule has 3 amide bonds. The zero-order valence-electron chi connectivity index (χ0n) is 21.8. The number of nitrogens with one attached hydrogen (secondary N) is 2. The normalized spacial score (nSPS) is 29.8. The molecule has 10 heteroatoms. The molecule has 0 saturated carbocycles. The first-order valence-electron chi connectivity index (χ1n) is 13.7. The van der Waals surface area contributed by atoms with E-state index in [0.29, 0.717) is 47.9 Å². The quantitative estimate of drug-likeness (QED) is 0.627. The first-order chi connectivity index (χ1) is 17.5. The van der Waals surface area contributed by atoms with Crippen molar-refractivity contribution in [2.45, 2.75) is 89.0 Å². The zero-order valence-corrected chi connectivity index (χ0v) is 22.6. The Kier molecular flexibility index (Phi) is 7.54. The van der Waals surface area contributed by atoms with Crippen LogP contribution in [0.5, 0.6) is 0 Å². The standard InChI is InChI=1S/C27H38N6O3.ClH/c1-17-15-32(27(35)31-11-3-4-12-31)16-18(2)33(17)26-30-24-22(9-6-10-23(24)36-26)25(34)29-21-13-19-7-5-8-20(14-21)28-19;/h6,9-10,17-21,28H,3-5,7-8,11-16H2,1-2H3,(H,29,34);1H/t17-,18-,19?,20?,21?;/m0./s1. The van der Waals surface area contributed by atoms with Gasteiger partial charge in [-0.05, 0) is 64.5 Å². The van der Waals surface area contributed by atoms with Gasteiger partial charge in [0.1, 0.15) is 5.52 Å². The Bertz CT molecular complexity index is 1110. The number of hydrogen-bond donors (Lipinski definition) is 2. The van der Waals surface area contributed by atoms with E-state index in [9.17, 15) is 9.59 Å². The van der Waals surface area contributed by atoms with Gasteiger partial charge in [-0.1, -0.05) is 12.5 Å². The van der Waals surface area contributed by atoms with Gasteiger partial charge in [-0.15, -0.1) is 12.4 Å². The Morgan fingerprint density at radius 1 is 1.00 bits per heavy atom. The predicted octanol–water partition coefficient (Wildman–Crippen LogP) is 3.77. The lowest BCUT2D eigenvalue weighted by molar-refractivity contribution is 0.0908. The van der Waals surface area contributed by atoms with Crippen molar-refractivity contribution in [3.63, 3.8) is 0 Å². The van der Waals surface area contributed by atoms with Crippen LogP contribution in [0.4, 0.5) is 10.8 Å². The second-order valence-electron chi connectivity index (χ2n) is 11.3. The SMILES string of the molecule is C[C@H]1CN(C(=O)N2CCCC2)C[C@H](C)N1c1nc2c(C(=O)NC3CC4CCCC(C3)N4)cccc2o1.Cl. The minimum Gasteiger partial charge on any atom is -0.423 e. The van der Waals surface area contributed by atoms with Gasteiger partial charge < -0.3 is 29.8 Å². The highest BCUT2D eigenvalue weighted by atomic mass is 35.5. The third-order valence-electron chi connectivity index (χ3n) is 8.49. The number of anilines is 1. The van der Waals surface area contributed by atoms with Gasteiger partial charge in [-0.25, -0.2) is 4.79 Å². The second-order valence-corrected chi connectivity index (χ2v) is 11.3. The molecule has 2 N–H and O–H groups in total. The topological polar surface area (TPSA) is 94.0 Å². The predicted molar refractivity (Wildman–Crippen MR) is 145 cm³/mol. The van der Waals surface area contributed by atoms with Gasteiger partial charge in [0.2, 0.25) is 0 Å². The molecule has 2 bridgehead atoms. The third-order valence-corrected chi connectivity index (χ3v) is 8.49. The molecule has 0 radical (unpaired) electrons. The number of amides is 3. The number of hydrogen-bond acceptors (Lipinski definition) is 6. The molecular weight excluding hydrogens is 492 g/mol. The third kappa shape index (κ3) is 5.12. The van der Waals surface area contributed by atoms with Gasteiger partial charge >= 0.3 is 6.03 Å². The van der Waals surface area contributed by atoms with Crippen LogP contribution in [0.25, 0.3) is 11.1 Å². The van der Waals surface area contributed by atoms with Gasteiger partial charge in [0, 0.05) is 56.4 Å². The molecule has 4 aliphatic rings. The highest BCUT2D eigenvalue weighted by Gasteiger charge is 2.37. The van der Waals surface area contributed by atoms with Crippen molar-refractivity contribution in [3.05, 3.63) is 23.8 Å². The molecule has 2 unspecified atom stereocenters. The van der Waals surface area contributed by atoms with Crippen LogP contribution >= 0.6 is 12.4 Å². The van der Waals surface area contributed by atoms with E-state index >= 15 is 0 Å². The lowest BCUT2D eigenvalue weighted by atomic mass is 9.84. The van der Waals surface area contributed by atoms with E-state index in [2.05, 4.69) is 29.4 Å². The Balaban J connectivity index is 0.00000280. The monoisotopic (exact) mass is 530 g/mol. The first kappa shape index (κ1) is 26.1. The summed E-state index contributed by atoms with van der Waals surface area (Å²) in [5, 5.41) is 6.97. The molecule has 37 heavy (non-hydrogen) atoms. The van der Waals surface area contributed by atoms with Gasteiger partial charge in [-0.2, -0.15) is 4.98 Å². The summed E-state index contributed by atoms with van der Waals surface area (Å²) in [6.45, 7) is 7.19. The van der Waals surface area contributed by atoms with E-state index in [1.807, 2.05) is 28.0 Å². The fraction of sp³-hybridized carbons (Fsp3) is 0.667. The van der Waals surface area contributed by atoms with E-state index in [0.717, 1.165) is 38.8 Å². The summed E-state index contributed by atoms with van der Waals surface area (Å²) in [6, 6.07) is 7.57. The van der Waals surface area contributed by atoms with E-state index < -0.39 is 0 Å². The van der Waals surface area contributed by atoms with Crippen LogP contribution in [-0.2, 0) is 0 Å². The number of carbonyl (C=O) groups excluding carboxylic acids is 2. The molecule has 202 valence electrons. The number of halogens is 1. The van der Waals surface area contributed by atoms with Crippen LogP contribution < -0.4 is 15.5 Å². The first-order valence-corrected chi connectivity index (χ1v) is 13.7. The van der Waals surface area contributed by atoms with E-state index in [1.165, 1.54) is 19.3 Å². The summed E-state index contributed by atoms with van der Waals surface area (Å²) in [7, 11) is 0. The largest absolute Gasteiger partial charge is 0.423 e. The van der Waals surface area contributed by atoms with Crippen molar-refractivity contribution in [1.82, 2.24) is 25.4 Å². The van der Waals surface area contributed by atoms with Crippen LogP contribution in [0.3, 0.4) is 0 Å². The number of carbonyl (C=O) groups is 2. The molecule has 5 heterocycles. The number of aromatic nitrogens is 1. The van der Waals surface area contributed by atoms with Crippen LogP contribution in [0.2, 0.25) is 0 Å². The highest BCUT2D eigenvalue weighted by molar-refractivity contribution is 6.04. The lowest BCUT2D eigenvalue weighted by Gasteiger charge is -2.44. The van der Waals surface area contributed by atoms with Gasteiger partial charge in [-0.3, -0.25) is 4.79 Å². The van der Waals surface area contributed by atoms with E-state index in [1.54, 1.807) is 0 Å². The van der Waals surface area contributed by atoms with Crippen LogP contribution in [0.1, 0.15) is 69.2 Å². The van der Waals surface area contributed by atoms with Crippen molar-refractivity contribution < 1.29 is 14.0 Å². The molecule has 6 rings (SSSR count). The minimum atomic E-state index is -0.0763. The number of piperazine rings is 1. The summed E-state index contributed by atoms with van der Waals surface area (Å²) in [5.74, 6) is -0.0763. The second kappa shape index (κ2) is 10.7. The van der Waals surface area contributed by atoms with Crippen molar-refractivity contribution in [3.8, 4) is 0 Å². The van der Waals surface area contributed by atoms with Gasteiger partial charge in [0.25, 0.3) is 11.9 Å². The summed E-state index contributed by atoms with van der Waals surface area (Å²) in [6.07, 6.45) is 7.82. The fourth-order valence-corrected chi connectivity index (χ4v) is 6.84. The van der Waals surface area contributed by atoms with Gasteiger partial charge in [0.15, 0.2) is 5.58 Å². The van der Waals surface area contributed by atoms with E-state index in [-0.39, 0.29) is 42.5 Å². The Hall–Kier alpha value is -2.52. The molecule has 1 aromatic carbocycles. The fourth-order valence-electron chi connectivity index (χ4n) is 6.84. The molecule has 4 atom stereocenters. The van der Waals surface area contributed by atoms with Crippen molar-refractivity contribution in [1.29, 1.82) is 0 Å². The minimum absolute atomic E-state index is 0. The maximum absolute atomic E-state index is 13.3. The average Bonchev–Trinajstić information content (AvgIpc) is 3.53. The summed E-state index contributed by atoms with van der Waals surface area (Å²) < 4.78 is 6.20. The smallest absolute Gasteiger partial charge is 0.320 e. The lowest BCUT2D eigenvalue weighted by Crippen LogP contribution is -2.60. The molecule has 4 aliphatic heterocycles. The Morgan fingerprint density at radius 2 is 1.68 bits per heavy atom. The number of rotatable bonds is 3. The van der Waals surface area contributed by atoms with Gasteiger partial charge in [0.05, 0.1) is 5.56 Å². The van der Waals surface area contributed by atoms with Crippen LogP contribution in [-0.4, -0.2) is 83.1 Å². The van der Waals surface area contributed by atoms with Crippen molar-refractivity contribution in [2.75, 3.05) is 31.1 Å². The number of urea groups is 1. The van der Waals surface area contributed by atoms with Crippen LogP contribution in [0, 0.1) is 0 Å². The Morgan fingerprint density at radius 3 is 2.35 bits per heavy atom. The average molecular weight is 531 g/mol. The number of nitrogens with zero attached hydrogens (tertiary/aromatic N) is 4. The highest BCUT2D eigenvalue weighted by Crippen LogP contribution is 2.31. The zero-order chi connectivity index (χ0) is 24.8. The Labute approximate surface area is 224 Å².